The molecule has 1 aromatic carbocycles. The van der Waals surface area contributed by atoms with Crippen LogP contribution in [-0.2, 0) is 11.2 Å². The number of hydrazine groups is 1. The molecule has 118 valence electrons. The van der Waals surface area contributed by atoms with Gasteiger partial charge in [0.2, 0.25) is 5.91 Å². The van der Waals surface area contributed by atoms with E-state index in [2.05, 4.69) is 26.9 Å². The number of rotatable bonds is 5. The van der Waals surface area contributed by atoms with Crippen LogP contribution in [0.5, 0.6) is 0 Å². The molecule has 2 heterocycles. The van der Waals surface area contributed by atoms with Crippen molar-refractivity contribution in [3.05, 3.63) is 60.0 Å². The number of H-pyrrole nitrogens is 2. The quantitative estimate of drug-likeness (QED) is 0.545. The van der Waals surface area contributed by atoms with E-state index in [9.17, 15) is 9.59 Å². The van der Waals surface area contributed by atoms with E-state index in [1.54, 1.807) is 18.3 Å². The summed E-state index contributed by atoms with van der Waals surface area (Å²) < 4.78 is 0. The fourth-order valence-corrected chi connectivity index (χ4v) is 2.51. The highest BCUT2D eigenvalue weighted by molar-refractivity contribution is 5.93. The predicted molar refractivity (Wildman–Crippen MR) is 87.6 cm³/mol. The number of hydrogen-bond donors (Lipinski definition) is 4. The largest absolute Gasteiger partial charge is 0.361 e. The number of fused-ring (bicyclic) bond motifs is 1. The zero-order valence-electron chi connectivity index (χ0n) is 12.6. The minimum atomic E-state index is -0.361. The maximum absolute atomic E-state index is 11.8. The highest BCUT2D eigenvalue weighted by atomic mass is 16.2. The Labute approximate surface area is 133 Å². The molecular formula is C17H18N4O2. The van der Waals surface area contributed by atoms with Gasteiger partial charge in [0, 0.05) is 29.7 Å². The van der Waals surface area contributed by atoms with E-state index >= 15 is 0 Å². The minimum absolute atomic E-state index is 0.204. The first kappa shape index (κ1) is 14.9. The van der Waals surface area contributed by atoms with E-state index in [1.165, 1.54) is 10.9 Å². The molecule has 3 aromatic rings. The molecule has 2 aromatic heterocycles. The van der Waals surface area contributed by atoms with Crippen LogP contribution in [-0.4, -0.2) is 21.8 Å². The van der Waals surface area contributed by atoms with Crippen LogP contribution in [0, 0.1) is 0 Å². The smallest absolute Gasteiger partial charge is 0.286 e. The topological polar surface area (TPSA) is 89.8 Å². The van der Waals surface area contributed by atoms with Crippen molar-refractivity contribution in [1.29, 1.82) is 0 Å². The molecule has 0 aliphatic heterocycles. The highest BCUT2D eigenvalue weighted by Gasteiger charge is 2.08. The molecule has 6 nitrogen and oxygen atoms in total. The molecule has 2 amide bonds. The standard InChI is InChI=1S/C17H18N4O2/c22-16(20-21-17(23)15-8-4-10-18-15)9-3-5-12-11-19-14-7-2-1-6-13(12)14/h1-2,4,6-8,10-11,18-19H,3,5,9H2,(H,20,22)(H,21,23). The first-order chi connectivity index (χ1) is 11.2. The summed E-state index contributed by atoms with van der Waals surface area (Å²) in [6.07, 6.45) is 5.51. The fraction of sp³-hybridized carbons (Fsp3) is 0.176. The number of carbonyl (C=O) groups excluding carboxylic acids is 2. The number of para-hydroxylation sites is 1. The molecule has 0 radical (unpaired) electrons. The third-order valence-corrected chi connectivity index (χ3v) is 3.68. The Morgan fingerprint density at radius 1 is 1.00 bits per heavy atom. The molecule has 0 bridgehead atoms. The number of aromatic nitrogens is 2. The van der Waals surface area contributed by atoms with Crippen LogP contribution in [0.2, 0.25) is 0 Å². The molecule has 0 saturated heterocycles. The van der Waals surface area contributed by atoms with Crippen LogP contribution in [0.1, 0.15) is 28.9 Å². The zero-order valence-corrected chi connectivity index (χ0v) is 12.6. The molecule has 0 saturated carbocycles. The van der Waals surface area contributed by atoms with Crippen LogP contribution < -0.4 is 10.9 Å². The Hall–Kier alpha value is -3.02. The number of benzene rings is 1. The maximum Gasteiger partial charge on any atom is 0.286 e. The maximum atomic E-state index is 11.8. The SMILES string of the molecule is O=C(CCCc1c[nH]c2ccccc12)NNC(=O)c1ccc[nH]1. The van der Waals surface area contributed by atoms with Crippen molar-refractivity contribution in [2.24, 2.45) is 0 Å². The van der Waals surface area contributed by atoms with Gasteiger partial charge in [0.05, 0.1) is 0 Å². The van der Waals surface area contributed by atoms with Gasteiger partial charge in [-0.1, -0.05) is 18.2 Å². The summed E-state index contributed by atoms with van der Waals surface area (Å²) in [5.41, 5.74) is 7.51. The van der Waals surface area contributed by atoms with Crippen molar-refractivity contribution in [3.63, 3.8) is 0 Å². The number of nitrogens with one attached hydrogen (secondary N) is 4. The Kier molecular flexibility index (Phi) is 4.42. The third-order valence-electron chi connectivity index (χ3n) is 3.68. The van der Waals surface area contributed by atoms with Gasteiger partial charge < -0.3 is 9.97 Å². The summed E-state index contributed by atoms with van der Waals surface area (Å²) in [5.74, 6) is -0.565. The van der Waals surface area contributed by atoms with Crippen LogP contribution in [0.4, 0.5) is 0 Å². The lowest BCUT2D eigenvalue weighted by Gasteiger charge is -2.06. The molecule has 0 unspecified atom stereocenters. The van der Waals surface area contributed by atoms with E-state index in [4.69, 9.17) is 0 Å². The van der Waals surface area contributed by atoms with Gasteiger partial charge in [-0.15, -0.1) is 0 Å². The summed E-state index contributed by atoms with van der Waals surface area (Å²) in [6.45, 7) is 0. The normalized spacial score (nSPS) is 10.6. The van der Waals surface area contributed by atoms with Gasteiger partial charge in [-0.05, 0) is 36.6 Å². The molecule has 3 rings (SSSR count). The van der Waals surface area contributed by atoms with Gasteiger partial charge in [-0.2, -0.15) is 0 Å². The predicted octanol–water partition coefficient (Wildman–Crippen LogP) is 2.28. The molecule has 23 heavy (non-hydrogen) atoms. The molecule has 0 spiro atoms. The third kappa shape index (κ3) is 3.60. The number of amides is 2. The van der Waals surface area contributed by atoms with Crippen LogP contribution in [0.3, 0.4) is 0 Å². The summed E-state index contributed by atoms with van der Waals surface area (Å²) in [7, 11) is 0. The van der Waals surface area contributed by atoms with E-state index < -0.39 is 0 Å². The van der Waals surface area contributed by atoms with Crippen molar-refractivity contribution in [1.82, 2.24) is 20.8 Å². The average molecular weight is 310 g/mol. The molecule has 4 N–H and O–H groups in total. The zero-order chi connectivity index (χ0) is 16.1. The Morgan fingerprint density at radius 2 is 1.87 bits per heavy atom. The lowest BCUT2D eigenvalue weighted by atomic mass is 10.1. The van der Waals surface area contributed by atoms with Crippen LogP contribution in [0.15, 0.2) is 48.8 Å². The first-order valence-corrected chi connectivity index (χ1v) is 7.51. The van der Waals surface area contributed by atoms with Crippen molar-refractivity contribution in [2.45, 2.75) is 19.3 Å². The van der Waals surface area contributed by atoms with E-state index in [0.29, 0.717) is 18.5 Å². The van der Waals surface area contributed by atoms with Crippen molar-refractivity contribution in [3.8, 4) is 0 Å². The summed E-state index contributed by atoms with van der Waals surface area (Å²) >= 11 is 0. The van der Waals surface area contributed by atoms with Gasteiger partial charge in [0.1, 0.15) is 5.69 Å². The summed E-state index contributed by atoms with van der Waals surface area (Å²) in [5, 5.41) is 1.19. The number of aromatic amines is 2. The molecular weight excluding hydrogens is 292 g/mol. The van der Waals surface area contributed by atoms with Gasteiger partial charge in [0.15, 0.2) is 0 Å². The molecule has 0 aliphatic rings. The molecule has 6 heteroatoms. The number of aryl methyl sites for hydroxylation is 1. The van der Waals surface area contributed by atoms with Crippen LogP contribution in [0.25, 0.3) is 10.9 Å². The Morgan fingerprint density at radius 3 is 2.70 bits per heavy atom. The monoisotopic (exact) mass is 310 g/mol. The van der Waals surface area contributed by atoms with Crippen LogP contribution >= 0.6 is 0 Å². The average Bonchev–Trinajstić information content (AvgIpc) is 3.23. The Balaban J connectivity index is 1.43. The fourth-order valence-electron chi connectivity index (χ4n) is 2.51. The van der Waals surface area contributed by atoms with E-state index in [0.717, 1.165) is 11.9 Å². The van der Waals surface area contributed by atoms with Gasteiger partial charge >= 0.3 is 0 Å². The molecule has 0 atom stereocenters. The lowest BCUT2D eigenvalue weighted by molar-refractivity contribution is -0.121. The number of carbonyl (C=O) groups is 2. The van der Waals surface area contributed by atoms with Crippen molar-refractivity contribution < 1.29 is 9.59 Å². The summed E-state index contributed by atoms with van der Waals surface area (Å²) in [6, 6.07) is 11.4. The minimum Gasteiger partial charge on any atom is -0.361 e. The van der Waals surface area contributed by atoms with Gasteiger partial charge in [0.25, 0.3) is 5.91 Å². The lowest BCUT2D eigenvalue weighted by Crippen LogP contribution is -2.41. The van der Waals surface area contributed by atoms with Crippen molar-refractivity contribution >= 4 is 22.7 Å². The van der Waals surface area contributed by atoms with Gasteiger partial charge in [-0.3, -0.25) is 20.4 Å². The molecule has 0 aliphatic carbocycles. The molecule has 0 fully saturated rings. The highest BCUT2D eigenvalue weighted by Crippen LogP contribution is 2.19. The Bertz CT molecular complexity index is 805. The second-order valence-corrected chi connectivity index (χ2v) is 5.30. The number of hydrogen-bond acceptors (Lipinski definition) is 2. The first-order valence-electron chi connectivity index (χ1n) is 7.51. The van der Waals surface area contributed by atoms with Crippen molar-refractivity contribution in [2.75, 3.05) is 0 Å². The second kappa shape index (κ2) is 6.83. The second-order valence-electron chi connectivity index (χ2n) is 5.30. The van der Waals surface area contributed by atoms with E-state index in [-0.39, 0.29) is 11.8 Å². The summed E-state index contributed by atoms with van der Waals surface area (Å²) in [4.78, 5) is 29.4. The van der Waals surface area contributed by atoms with Gasteiger partial charge in [-0.25, -0.2) is 0 Å². The van der Waals surface area contributed by atoms with E-state index in [1.807, 2.05) is 24.4 Å².